The number of carbonyl (C=O) groups excluding carboxylic acids is 1. The fourth-order valence-corrected chi connectivity index (χ4v) is 2.25. The van der Waals surface area contributed by atoms with Gasteiger partial charge in [0.25, 0.3) is 0 Å². The number of amides is 1. The molecule has 0 fully saturated rings. The molecule has 0 aliphatic carbocycles. The van der Waals surface area contributed by atoms with Gasteiger partial charge in [0.05, 0.1) is 0 Å². The van der Waals surface area contributed by atoms with E-state index in [4.69, 9.17) is 0 Å². The third kappa shape index (κ3) is 2.21. The van der Waals surface area contributed by atoms with E-state index in [1.165, 1.54) is 4.90 Å². The second-order valence-electron chi connectivity index (χ2n) is 3.81. The first-order valence-corrected chi connectivity index (χ1v) is 5.94. The van der Waals surface area contributed by atoms with Crippen molar-refractivity contribution in [1.29, 1.82) is 0 Å². The average Bonchev–Trinajstić information content (AvgIpc) is 2.20. The van der Waals surface area contributed by atoms with Gasteiger partial charge in [0.1, 0.15) is 6.09 Å². The van der Waals surface area contributed by atoms with Gasteiger partial charge in [-0.05, 0) is 44.4 Å². The van der Waals surface area contributed by atoms with Gasteiger partial charge in [0.15, 0.2) is 0 Å². The number of anilines is 1. The fraction of sp³-hybridized carbons (Fsp3) is 0.417. The summed E-state index contributed by atoms with van der Waals surface area (Å²) in [6.45, 7) is 7.99. The van der Waals surface area contributed by atoms with Gasteiger partial charge < -0.3 is 14.8 Å². The highest BCUT2D eigenvalue weighted by molar-refractivity contribution is 9.10. The number of aryl methyl sites for hydroxylation is 2. The topological polar surface area (TPSA) is 43.4 Å². The molecule has 88 valence electrons. The van der Waals surface area contributed by atoms with Crippen LogP contribution in [0.1, 0.15) is 23.6 Å². The van der Waals surface area contributed by atoms with E-state index in [0.717, 1.165) is 26.9 Å². The Balaban J connectivity index is 3.43. The van der Waals surface area contributed by atoms with Crippen LogP contribution in [-0.4, -0.2) is 12.6 Å². The maximum Gasteiger partial charge on any atom is 0.141 e. The highest BCUT2D eigenvalue weighted by atomic mass is 79.9. The third-order valence-electron chi connectivity index (χ3n) is 2.64. The predicted octanol–water partition coefficient (Wildman–Crippen LogP) is 2.54. The standard InChI is InChI=1S/C12H16BrNO2/c1-5-14(12(15)16)11-8(3)6-7(2)10(13)9(11)4/h6H,5H2,1-4H3,(H,15,16)/p-1. The molecule has 0 aromatic heterocycles. The van der Waals surface area contributed by atoms with Crippen molar-refractivity contribution in [3.05, 3.63) is 27.2 Å². The molecular weight excluding hydrogens is 270 g/mol. The van der Waals surface area contributed by atoms with Crippen LogP contribution in [0.4, 0.5) is 10.5 Å². The lowest BCUT2D eigenvalue weighted by molar-refractivity contribution is -0.246. The number of carbonyl (C=O) groups is 1. The molecule has 0 heterocycles. The molecular formula is C12H15BrNO2-. The molecule has 0 saturated carbocycles. The number of halogens is 1. The molecule has 1 aromatic rings. The molecule has 1 aromatic carbocycles. The second-order valence-corrected chi connectivity index (χ2v) is 4.60. The predicted molar refractivity (Wildman–Crippen MR) is 66.8 cm³/mol. The summed E-state index contributed by atoms with van der Waals surface area (Å²) < 4.78 is 0.952. The van der Waals surface area contributed by atoms with E-state index < -0.39 is 6.09 Å². The summed E-state index contributed by atoms with van der Waals surface area (Å²) in [5.74, 6) is 0. The monoisotopic (exact) mass is 284 g/mol. The molecule has 3 nitrogen and oxygen atoms in total. The van der Waals surface area contributed by atoms with E-state index in [-0.39, 0.29) is 0 Å². The van der Waals surface area contributed by atoms with E-state index in [0.29, 0.717) is 6.54 Å². The van der Waals surface area contributed by atoms with E-state index in [1.54, 1.807) is 6.92 Å². The molecule has 0 radical (unpaired) electrons. The lowest BCUT2D eigenvalue weighted by Gasteiger charge is -2.28. The molecule has 0 saturated heterocycles. The molecule has 0 spiro atoms. The Hall–Kier alpha value is -1.03. The average molecular weight is 285 g/mol. The molecule has 0 atom stereocenters. The summed E-state index contributed by atoms with van der Waals surface area (Å²) in [6, 6.07) is 1.97. The third-order valence-corrected chi connectivity index (χ3v) is 3.86. The van der Waals surface area contributed by atoms with Gasteiger partial charge in [-0.3, -0.25) is 0 Å². The zero-order valence-electron chi connectivity index (χ0n) is 9.93. The highest BCUT2D eigenvalue weighted by Gasteiger charge is 2.15. The number of rotatable bonds is 2. The molecule has 1 rings (SSSR count). The second kappa shape index (κ2) is 4.87. The van der Waals surface area contributed by atoms with Crippen molar-refractivity contribution in [2.75, 3.05) is 11.4 Å². The van der Waals surface area contributed by atoms with Gasteiger partial charge in [-0.25, -0.2) is 0 Å². The molecule has 4 heteroatoms. The van der Waals surface area contributed by atoms with Crippen LogP contribution in [0, 0.1) is 20.8 Å². The van der Waals surface area contributed by atoms with Crippen molar-refractivity contribution in [3.8, 4) is 0 Å². The van der Waals surface area contributed by atoms with Crippen LogP contribution >= 0.6 is 15.9 Å². The zero-order chi connectivity index (χ0) is 12.5. The minimum absolute atomic E-state index is 0.388. The minimum Gasteiger partial charge on any atom is -0.530 e. The lowest BCUT2D eigenvalue weighted by atomic mass is 10.0. The number of hydrogen-bond acceptors (Lipinski definition) is 2. The van der Waals surface area contributed by atoms with E-state index in [9.17, 15) is 9.90 Å². The summed E-state index contributed by atoms with van der Waals surface area (Å²) >= 11 is 3.47. The van der Waals surface area contributed by atoms with E-state index in [2.05, 4.69) is 15.9 Å². The van der Waals surface area contributed by atoms with Crippen LogP contribution in [0.25, 0.3) is 0 Å². The fourth-order valence-electron chi connectivity index (χ4n) is 1.95. The van der Waals surface area contributed by atoms with Gasteiger partial charge in [-0.15, -0.1) is 0 Å². The number of carboxylic acid groups (broad SMARTS) is 1. The number of benzene rings is 1. The Labute approximate surface area is 104 Å². The highest BCUT2D eigenvalue weighted by Crippen LogP contribution is 2.33. The molecule has 1 amide bonds. The van der Waals surface area contributed by atoms with Crippen LogP contribution in [-0.2, 0) is 0 Å². The summed E-state index contributed by atoms with van der Waals surface area (Å²) in [6.07, 6.45) is -1.16. The molecule has 0 unspecified atom stereocenters. The van der Waals surface area contributed by atoms with Crippen molar-refractivity contribution >= 4 is 27.7 Å². The normalized spacial score (nSPS) is 10.3. The Morgan fingerprint density at radius 2 is 1.94 bits per heavy atom. The first-order valence-electron chi connectivity index (χ1n) is 5.15. The van der Waals surface area contributed by atoms with Gasteiger partial charge in [0.2, 0.25) is 0 Å². The largest absolute Gasteiger partial charge is 0.530 e. The summed E-state index contributed by atoms with van der Waals surface area (Å²) in [4.78, 5) is 12.3. The lowest BCUT2D eigenvalue weighted by Crippen LogP contribution is -2.42. The Morgan fingerprint density at radius 3 is 2.38 bits per heavy atom. The molecule has 0 aliphatic rings. The SMILES string of the molecule is CCN(C(=O)[O-])c1c(C)cc(C)c(Br)c1C. The van der Waals surface area contributed by atoms with Gasteiger partial charge in [-0.1, -0.05) is 22.0 Å². The Bertz CT molecular complexity index is 430. The van der Waals surface area contributed by atoms with Crippen LogP contribution < -0.4 is 10.0 Å². The molecule has 0 aliphatic heterocycles. The molecule has 16 heavy (non-hydrogen) atoms. The van der Waals surface area contributed by atoms with Crippen molar-refractivity contribution in [3.63, 3.8) is 0 Å². The van der Waals surface area contributed by atoms with Crippen molar-refractivity contribution in [2.24, 2.45) is 0 Å². The van der Waals surface area contributed by atoms with E-state index >= 15 is 0 Å². The van der Waals surface area contributed by atoms with Gasteiger partial charge >= 0.3 is 0 Å². The van der Waals surface area contributed by atoms with Crippen LogP contribution in [0.15, 0.2) is 10.5 Å². The van der Waals surface area contributed by atoms with Crippen LogP contribution in [0.3, 0.4) is 0 Å². The quantitative estimate of drug-likeness (QED) is 0.838. The van der Waals surface area contributed by atoms with Crippen molar-refractivity contribution in [1.82, 2.24) is 0 Å². The van der Waals surface area contributed by atoms with Gasteiger partial charge in [-0.2, -0.15) is 0 Å². The summed E-state index contributed by atoms with van der Waals surface area (Å²) in [5, 5.41) is 11.0. The van der Waals surface area contributed by atoms with Crippen LogP contribution in [0.5, 0.6) is 0 Å². The Kier molecular flexibility index (Phi) is 3.97. The smallest absolute Gasteiger partial charge is 0.141 e. The van der Waals surface area contributed by atoms with Crippen molar-refractivity contribution < 1.29 is 9.90 Å². The first-order chi connectivity index (χ1) is 7.40. The van der Waals surface area contributed by atoms with Crippen LogP contribution in [0.2, 0.25) is 0 Å². The minimum atomic E-state index is -1.16. The zero-order valence-corrected chi connectivity index (χ0v) is 11.5. The molecule has 0 N–H and O–H groups in total. The number of hydrogen-bond donors (Lipinski definition) is 0. The first kappa shape index (κ1) is 13.0. The van der Waals surface area contributed by atoms with Crippen molar-refractivity contribution in [2.45, 2.75) is 27.7 Å². The maximum atomic E-state index is 11.0. The summed E-state index contributed by atoms with van der Waals surface area (Å²) in [7, 11) is 0. The summed E-state index contributed by atoms with van der Waals surface area (Å²) in [5.41, 5.74) is 3.71. The van der Waals surface area contributed by atoms with E-state index in [1.807, 2.05) is 26.8 Å². The number of nitrogens with zero attached hydrogens (tertiary/aromatic N) is 1. The van der Waals surface area contributed by atoms with Gasteiger partial charge in [0, 0.05) is 16.7 Å². The maximum absolute atomic E-state index is 11.0. The Morgan fingerprint density at radius 1 is 1.38 bits per heavy atom. The molecule has 0 bridgehead atoms.